The molecule has 0 atom stereocenters. The van der Waals surface area contributed by atoms with Crippen LogP contribution in [0.3, 0.4) is 0 Å². The Morgan fingerprint density at radius 3 is 1.58 bits per heavy atom. The van der Waals surface area contributed by atoms with Crippen LogP contribution < -0.4 is 0 Å². The van der Waals surface area contributed by atoms with E-state index >= 15 is 0 Å². The zero-order valence-electron chi connectivity index (χ0n) is 17.7. The minimum absolute atomic E-state index is 0.595. The van der Waals surface area contributed by atoms with E-state index in [0.717, 1.165) is 5.57 Å². The molecule has 0 aromatic rings. The highest BCUT2D eigenvalue weighted by molar-refractivity contribution is 5.41. The molecule has 0 spiro atoms. The topological polar surface area (TPSA) is 0 Å². The first kappa shape index (κ1) is 27.0. The maximum atomic E-state index is 4.09. The van der Waals surface area contributed by atoms with Gasteiger partial charge in [-0.2, -0.15) is 0 Å². The number of rotatable bonds is 5. The summed E-state index contributed by atoms with van der Waals surface area (Å²) in [6.45, 7) is 29.9. The molecule has 0 nitrogen and oxygen atoms in total. The molecule has 0 N–H and O–H groups in total. The van der Waals surface area contributed by atoms with Gasteiger partial charge in [-0.15, -0.1) is 6.58 Å². The summed E-state index contributed by atoms with van der Waals surface area (Å²) in [7, 11) is 0. The third-order valence-corrected chi connectivity index (χ3v) is 3.27. The predicted octanol–water partition coefficient (Wildman–Crippen LogP) is 8.39. The van der Waals surface area contributed by atoms with Crippen LogP contribution in [0.15, 0.2) is 84.1 Å². The van der Waals surface area contributed by atoms with Gasteiger partial charge in [0.25, 0.3) is 0 Å². The van der Waals surface area contributed by atoms with Gasteiger partial charge in [-0.05, 0) is 65.5 Å². The molecule has 0 aliphatic heterocycles. The van der Waals surface area contributed by atoms with Crippen molar-refractivity contribution in [2.45, 2.75) is 62.3 Å². The Morgan fingerprint density at radius 2 is 1.33 bits per heavy atom. The van der Waals surface area contributed by atoms with Gasteiger partial charge < -0.3 is 0 Å². The van der Waals surface area contributed by atoms with E-state index in [1.54, 1.807) is 6.08 Å². The van der Waals surface area contributed by atoms with Crippen LogP contribution in [0.5, 0.6) is 0 Å². The van der Waals surface area contributed by atoms with Gasteiger partial charge in [-0.3, -0.25) is 0 Å². The molecular formula is C24H40. The van der Waals surface area contributed by atoms with Gasteiger partial charge in [0.15, 0.2) is 0 Å². The summed E-state index contributed by atoms with van der Waals surface area (Å²) in [6.07, 6.45) is 11.9. The molecular weight excluding hydrogens is 288 g/mol. The third kappa shape index (κ3) is 20.2. The molecule has 0 aromatic heterocycles. The summed E-state index contributed by atoms with van der Waals surface area (Å²) in [5, 5.41) is 0. The molecule has 0 fully saturated rings. The first-order chi connectivity index (χ1) is 11.0. The number of hydrogen-bond donors (Lipinski definition) is 0. The van der Waals surface area contributed by atoms with E-state index in [1.807, 2.05) is 39.8 Å². The van der Waals surface area contributed by atoms with E-state index < -0.39 is 0 Å². The largest absolute Gasteiger partial charge is 0.100 e. The lowest BCUT2D eigenvalue weighted by Gasteiger charge is -2.11. The molecule has 0 aromatic carbocycles. The molecule has 24 heavy (non-hydrogen) atoms. The SMILES string of the molecule is C=C(/C=C\C(C)=C/C)/C(C)=C(/C)C(C)C.C=C(C)C.C=C/C=C\C. The second-order valence-corrected chi connectivity index (χ2v) is 6.32. The van der Waals surface area contributed by atoms with Crippen LogP contribution in [0, 0.1) is 5.92 Å². The maximum absolute atomic E-state index is 4.09. The van der Waals surface area contributed by atoms with E-state index in [0.29, 0.717) is 5.92 Å². The van der Waals surface area contributed by atoms with Crippen LogP contribution >= 0.6 is 0 Å². The van der Waals surface area contributed by atoms with Gasteiger partial charge in [0.05, 0.1) is 0 Å². The molecule has 0 unspecified atom stereocenters. The summed E-state index contributed by atoms with van der Waals surface area (Å²) in [4.78, 5) is 0. The van der Waals surface area contributed by atoms with E-state index in [1.165, 1.54) is 22.3 Å². The highest BCUT2D eigenvalue weighted by Gasteiger charge is 2.02. The first-order valence-electron chi connectivity index (χ1n) is 8.58. The van der Waals surface area contributed by atoms with Crippen molar-refractivity contribution >= 4 is 0 Å². The zero-order chi connectivity index (χ0) is 19.7. The lowest BCUT2D eigenvalue weighted by atomic mass is 9.95. The fourth-order valence-corrected chi connectivity index (χ4v) is 1.28. The van der Waals surface area contributed by atoms with Gasteiger partial charge in [-0.25, -0.2) is 0 Å². The van der Waals surface area contributed by atoms with Crippen molar-refractivity contribution in [2.24, 2.45) is 5.92 Å². The van der Waals surface area contributed by atoms with Crippen LogP contribution in [-0.2, 0) is 0 Å². The molecule has 0 amide bonds. The van der Waals surface area contributed by atoms with Crippen molar-refractivity contribution < 1.29 is 0 Å². The minimum Gasteiger partial charge on any atom is -0.100 e. The highest BCUT2D eigenvalue weighted by atomic mass is 14.1. The van der Waals surface area contributed by atoms with Crippen LogP contribution in [0.25, 0.3) is 0 Å². The Bertz CT molecular complexity index is 484. The Morgan fingerprint density at radius 1 is 0.875 bits per heavy atom. The van der Waals surface area contributed by atoms with Gasteiger partial charge in [-0.1, -0.05) is 80.2 Å². The molecule has 0 aliphatic rings. The standard InChI is InChI=1S/C15H24.C5H8.C4H8/c1-8-12(4)9-10-13(5)15(7)14(6)11(2)3;1-3-5-4-2;1-4(2)3/h8-11H,5H2,1-4,6-7H3;3-5H,1H2,2H3;1H2,2-3H3/b10-9-,12-8-,15-14-;5-4-;. The van der Waals surface area contributed by atoms with Crippen molar-refractivity contribution in [1.29, 1.82) is 0 Å². The molecule has 0 heteroatoms. The summed E-state index contributed by atoms with van der Waals surface area (Å²) < 4.78 is 0. The summed E-state index contributed by atoms with van der Waals surface area (Å²) in [5.74, 6) is 0.595. The molecule has 0 saturated carbocycles. The molecule has 0 saturated heterocycles. The summed E-state index contributed by atoms with van der Waals surface area (Å²) >= 11 is 0. The lowest BCUT2D eigenvalue weighted by molar-refractivity contribution is 0.759. The van der Waals surface area contributed by atoms with Crippen molar-refractivity contribution in [1.82, 2.24) is 0 Å². The normalized spacial score (nSPS) is 12.2. The van der Waals surface area contributed by atoms with Crippen molar-refractivity contribution in [3.63, 3.8) is 0 Å². The average molecular weight is 329 g/mol. The minimum atomic E-state index is 0.595. The highest BCUT2D eigenvalue weighted by Crippen LogP contribution is 2.20. The van der Waals surface area contributed by atoms with E-state index in [-0.39, 0.29) is 0 Å². The Hall–Kier alpha value is -1.82. The molecule has 0 heterocycles. The van der Waals surface area contributed by atoms with Gasteiger partial charge in [0.2, 0.25) is 0 Å². The van der Waals surface area contributed by atoms with Crippen molar-refractivity contribution in [2.75, 3.05) is 0 Å². The maximum Gasteiger partial charge on any atom is -0.0257 e. The second-order valence-electron chi connectivity index (χ2n) is 6.32. The Kier molecular flexibility index (Phi) is 19.8. The van der Waals surface area contributed by atoms with Gasteiger partial charge in [0.1, 0.15) is 0 Å². The molecule has 0 bridgehead atoms. The average Bonchev–Trinajstić information content (AvgIpc) is 2.51. The summed E-state index contributed by atoms with van der Waals surface area (Å²) in [5.41, 5.74) is 6.28. The third-order valence-electron chi connectivity index (χ3n) is 3.27. The van der Waals surface area contributed by atoms with Gasteiger partial charge in [0, 0.05) is 0 Å². The van der Waals surface area contributed by atoms with Crippen LogP contribution in [0.1, 0.15) is 62.3 Å². The Balaban J connectivity index is -0.000000402. The van der Waals surface area contributed by atoms with Crippen LogP contribution in [-0.4, -0.2) is 0 Å². The first-order valence-corrected chi connectivity index (χ1v) is 8.58. The zero-order valence-corrected chi connectivity index (χ0v) is 17.7. The lowest BCUT2D eigenvalue weighted by Crippen LogP contribution is -1.94. The van der Waals surface area contributed by atoms with Crippen LogP contribution in [0.2, 0.25) is 0 Å². The number of hydrogen-bond acceptors (Lipinski definition) is 0. The van der Waals surface area contributed by atoms with Gasteiger partial charge >= 0.3 is 0 Å². The fourth-order valence-electron chi connectivity index (χ4n) is 1.28. The quantitative estimate of drug-likeness (QED) is 0.351. The fraction of sp³-hybridized carbons (Fsp3) is 0.417. The van der Waals surface area contributed by atoms with E-state index in [2.05, 4.69) is 72.6 Å². The Labute approximate surface area is 152 Å². The van der Waals surface area contributed by atoms with Crippen molar-refractivity contribution in [3.8, 4) is 0 Å². The molecule has 0 rings (SSSR count). The number of allylic oxidation sites excluding steroid dienone is 11. The second kappa shape index (κ2) is 17.5. The van der Waals surface area contributed by atoms with E-state index in [4.69, 9.17) is 0 Å². The van der Waals surface area contributed by atoms with Crippen LogP contribution in [0.4, 0.5) is 0 Å². The smallest absolute Gasteiger partial charge is 0.0257 e. The molecule has 0 aliphatic carbocycles. The summed E-state index contributed by atoms with van der Waals surface area (Å²) in [6, 6.07) is 0. The molecule has 136 valence electrons. The monoisotopic (exact) mass is 328 g/mol. The van der Waals surface area contributed by atoms with Crippen molar-refractivity contribution in [3.05, 3.63) is 84.1 Å². The predicted molar refractivity (Wildman–Crippen MR) is 116 cm³/mol. The van der Waals surface area contributed by atoms with E-state index in [9.17, 15) is 0 Å². The molecule has 0 radical (unpaired) electrons.